The number of thioether (sulfide) groups is 1. The third-order valence-electron chi connectivity index (χ3n) is 5.51. The Bertz CT molecular complexity index is 856. The van der Waals surface area contributed by atoms with Gasteiger partial charge in [0, 0.05) is 25.0 Å². The van der Waals surface area contributed by atoms with E-state index in [1.54, 1.807) is 29.2 Å². The molecule has 2 aromatic rings. The van der Waals surface area contributed by atoms with Crippen LogP contribution in [-0.4, -0.2) is 30.8 Å². The maximum Gasteiger partial charge on any atom is 0.244 e. The highest BCUT2D eigenvalue weighted by Gasteiger charge is 2.29. The zero-order valence-corrected chi connectivity index (χ0v) is 18.6. The van der Waals surface area contributed by atoms with Crippen molar-refractivity contribution in [3.05, 3.63) is 53.7 Å². The van der Waals surface area contributed by atoms with Gasteiger partial charge in [-0.25, -0.2) is 13.4 Å². The molecule has 1 aromatic heterocycles. The monoisotopic (exact) mass is 418 g/mol. The summed E-state index contributed by atoms with van der Waals surface area (Å²) in [6, 6.07) is 12.3. The predicted molar refractivity (Wildman–Crippen MR) is 116 cm³/mol. The molecule has 6 heteroatoms. The zero-order chi connectivity index (χ0) is 20.1. The van der Waals surface area contributed by atoms with Crippen molar-refractivity contribution in [2.24, 2.45) is 0 Å². The third-order valence-corrected chi connectivity index (χ3v) is 8.42. The second-order valence-electron chi connectivity index (χ2n) is 7.83. The van der Waals surface area contributed by atoms with Crippen molar-refractivity contribution in [2.75, 3.05) is 7.05 Å². The molecule has 1 heterocycles. The van der Waals surface area contributed by atoms with E-state index in [1.165, 1.54) is 23.7 Å². The van der Waals surface area contributed by atoms with Gasteiger partial charge in [0.2, 0.25) is 10.0 Å². The lowest BCUT2D eigenvalue weighted by atomic mass is 9.96. The van der Waals surface area contributed by atoms with Gasteiger partial charge in [-0.3, -0.25) is 0 Å². The molecule has 1 aliphatic carbocycles. The fourth-order valence-electron chi connectivity index (χ4n) is 3.57. The summed E-state index contributed by atoms with van der Waals surface area (Å²) in [5, 5.41) is 0.840. The molecule has 3 rings (SSSR count). The first-order valence-electron chi connectivity index (χ1n) is 10.0. The van der Waals surface area contributed by atoms with Gasteiger partial charge in [-0.2, -0.15) is 4.31 Å². The van der Waals surface area contributed by atoms with E-state index in [-0.39, 0.29) is 10.9 Å². The molecule has 0 atom stereocenters. The lowest BCUT2D eigenvalue weighted by molar-refractivity contribution is 0.285. The Morgan fingerprint density at radius 2 is 1.75 bits per heavy atom. The van der Waals surface area contributed by atoms with Crippen molar-refractivity contribution in [3.63, 3.8) is 0 Å². The van der Waals surface area contributed by atoms with E-state index in [2.05, 4.69) is 43.1 Å². The number of rotatable bonds is 7. The van der Waals surface area contributed by atoms with Gasteiger partial charge >= 0.3 is 0 Å². The molecule has 152 valence electrons. The van der Waals surface area contributed by atoms with Crippen LogP contribution >= 0.6 is 11.8 Å². The standard InChI is InChI=1S/C22H30N2O2S2/c1-17(2)19-11-9-18(10-12-19)16-27-22-14-13-21(15-23-22)28(25,26)24(3)20-7-5-4-6-8-20/h9-15,17,20H,4-8,16H2,1-3H3. The van der Waals surface area contributed by atoms with E-state index in [1.807, 2.05) is 6.07 Å². The summed E-state index contributed by atoms with van der Waals surface area (Å²) < 4.78 is 27.3. The van der Waals surface area contributed by atoms with E-state index in [9.17, 15) is 8.42 Å². The van der Waals surface area contributed by atoms with Gasteiger partial charge in [0.1, 0.15) is 4.90 Å². The van der Waals surface area contributed by atoms with Crippen LogP contribution in [0.1, 0.15) is 63.0 Å². The molecule has 4 nitrogen and oxygen atoms in total. The fourth-order valence-corrected chi connectivity index (χ4v) is 5.73. The van der Waals surface area contributed by atoms with Crippen molar-refractivity contribution in [1.82, 2.24) is 9.29 Å². The van der Waals surface area contributed by atoms with Crippen molar-refractivity contribution < 1.29 is 8.42 Å². The Morgan fingerprint density at radius 1 is 1.07 bits per heavy atom. The number of nitrogens with zero attached hydrogens (tertiary/aromatic N) is 2. The summed E-state index contributed by atoms with van der Waals surface area (Å²) >= 11 is 1.62. The van der Waals surface area contributed by atoms with Gasteiger partial charge in [-0.05, 0) is 42.0 Å². The molecule has 28 heavy (non-hydrogen) atoms. The first-order valence-corrected chi connectivity index (χ1v) is 12.5. The Balaban J connectivity index is 1.62. The van der Waals surface area contributed by atoms with Crippen LogP contribution in [0.15, 0.2) is 52.5 Å². The molecular formula is C22H30N2O2S2. The van der Waals surface area contributed by atoms with Gasteiger partial charge in [0.15, 0.2) is 0 Å². The predicted octanol–water partition coefficient (Wildman–Crippen LogP) is 5.45. The van der Waals surface area contributed by atoms with Crippen LogP contribution in [0, 0.1) is 0 Å². The van der Waals surface area contributed by atoms with Gasteiger partial charge in [0.05, 0.1) is 5.03 Å². The number of pyridine rings is 1. The number of aromatic nitrogens is 1. The molecule has 0 saturated heterocycles. The minimum atomic E-state index is -3.47. The Kier molecular flexibility index (Phi) is 7.18. The lowest BCUT2D eigenvalue weighted by Crippen LogP contribution is -2.38. The number of hydrogen-bond donors (Lipinski definition) is 0. The van der Waals surface area contributed by atoms with Crippen LogP contribution in [0.2, 0.25) is 0 Å². The normalized spacial score (nSPS) is 16.0. The van der Waals surface area contributed by atoms with Crippen molar-refractivity contribution in [3.8, 4) is 0 Å². The molecule has 0 N–H and O–H groups in total. The van der Waals surface area contributed by atoms with E-state index >= 15 is 0 Å². The van der Waals surface area contributed by atoms with E-state index in [0.29, 0.717) is 5.92 Å². The Hall–Kier alpha value is -1.37. The number of hydrogen-bond acceptors (Lipinski definition) is 4. The third kappa shape index (κ3) is 5.16. The summed E-state index contributed by atoms with van der Waals surface area (Å²) in [5.74, 6) is 1.35. The molecule has 1 fully saturated rings. The zero-order valence-electron chi connectivity index (χ0n) is 17.0. The minimum Gasteiger partial charge on any atom is -0.249 e. The maximum absolute atomic E-state index is 12.9. The van der Waals surface area contributed by atoms with E-state index in [4.69, 9.17) is 0 Å². The minimum absolute atomic E-state index is 0.113. The van der Waals surface area contributed by atoms with Crippen LogP contribution in [0.5, 0.6) is 0 Å². The summed E-state index contributed by atoms with van der Waals surface area (Å²) in [5.41, 5.74) is 2.58. The second kappa shape index (κ2) is 9.42. The highest BCUT2D eigenvalue weighted by molar-refractivity contribution is 7.98. The summed E-state index contributed by atoms with van der Waals surface area (Å²) in [4.78, 5) is 4.67. The quantitative estimate of drug-likeness (QED) is 0.561. The molecule has 1 aliphatic rings. The van der Waals surface area contributed by atoms with Crippen molar-refractivity contribution in [1.29, 1.82) is 0 Å². The van der Waals surface area contributed by atoms with Gasteiger partial charge in [0.25, 0.3) is 0 Å². The molecule has 0 aliphatic heterocycles. The van der Waals surface area contributed by atoms with Crippen LogP contribution in [0.4, 0.5) is 0 Å². The largest absolute Gasteiger partial charge is 0.249 e. The molecule has 0 unspecified atom stereocenters. The van der Waals surface area contributed by atoms with Crippen LogP contribution in [0.3, 0.4) is 0 Å². The summed E-state index contributed by atoms with van der Waals surface area (Å²) in [7, 11) is -1.77. The van der Waals surface area contributed by atoms with Crippen molar-refractivity contribution >= 4 is 21.8 Å². The highest BCUT2D eigenvalue weighted by atomic mass is 32.2. The SMILES string of the molecule is CC(C)c1ccc(CSc2ccc(S(=O)(=O)N(C)C3CCCCC3)cn2)cc1. The molecule has 0 spiro atoms. The molecular weight excluding hydrogens is 388 g/mol. The number of sulfonamides is 1. The Morgan fingerprint density at radius 3 is 2.32 bits per heavy atom. The second-order valence-corrected chi connectivity index (χ2v) is 10.8. The first-order chi connectivity index (χ1) is 13.4. The highest BCUT2D eigenvalue weighted by Crippen LogP contribution is 2.28. The molecule has 1 saturated carbocycles. The number of benzene rings is 1. The van der Waals surface area contributed by atoms with Gasteiger partial charge in [-0.1, -0.05) is 57.4 Å². The summed E-state index contributed by atoms with van der Waals surface area (Å²) in [6.45, 7) is 4.38. The molecule has 0 amide bonds. The average Bonchev–Trinajstić information content (AvgIpc) is 2.73. The maximum atomic E-state index is 12.9. The lowest BCUT2D eigenvalue weighted by Gasteiger charge is -2.30. The van der Waals surface area contributed by atoms with Crippen LogP contribution < -0.4 is 0 Å². The smallest absolute Gasteiger partial charge is 0.244 e. The summed E-state index contributed by atoms with van der Waals surface area (Å²) in [6.07, 6.45) is 6.82. The first kappa shape index (κ1) is 21.3. The molecule has 0 radical (unpaired) electrons. The van der Waals surface area contributed by atoms with Crippen molar-refractivity contribution in [2.45, 2.75) is 73.6 Å². The molecule has 1 aromatic carbocycles. The topological polar surface area (TPSA) is 50.3 Å². The van der Waals surface area contributed by atoms with Crippen LogP contribution in [-0.2, 0) is 15.8 Å². The Labute approximate surface area is 173 Å². The fraction of sp³-hybridized carbons (Fsp3) is 0.500. The average molecular weight is 419 g/mol. The van der Waals surface area contributed by atoms with Crippen LogP contribution in [0.25, 0.3) is 0 Å². The van der Waals surface area contributed by atoms with Gasteiger partial charge < -0.3 is 0 Å². The van der Waals surface area contributed by atoms with Gasteiger partial charge in [-0.15, -0.1) is 11.8 Å². The van der Waals surface area contributed by atoms with E-state index < -0.39 is 10.0 Å². The molecule has 0 bridgehead atoms. The van der Waals surface area contributed by atoms with E-state index in [0.717, 1.165) is 36.5 Å².